The summed E-state index contributed by atoms with van der Waals surface area (Å²) in [5.41, 5.74) is 1.20. The molecule has 2 aliphatic carbocycles. The molecule has 0 radical (unpaired) electrons. The Morgan fingerprint density at radius 3 is 2.40 bits per heavy atom. The smallest absolute Gasteiger partial charge is 0.0693 e. The summed E-state index contributed by atoms with van der Waals surface area (Å²) in [6.07, 6.45) is 3.94. The summed E-state index contributed by atoms with van der Waals surface area (Å²) in [6, 6.07) is 0. The van der Waals surface area contributed by atoms with Gasteiger partial charge in [0.05, 0.1) is 5.60 Å². The van der Waals surface area contributed by atoms with Crippen molar-refractivity contribution in [3.63, 3.8) is 0 Å². The summed E-state index contributed by atoms with van der Waals surface area (Å²) in [4.78, 5) is 0. The maximum atomic E-state index is 9.82. The van der Waals surface area contributed by atoms with E-state index in [0.29, 0.717) is 0 Å². The van der Waals surface area contributed by atoms with E-state index in [-0.39, 0.29) is 11.0 Å². The van der Waals surface area contributed by atoms with Gasteiger partial charge in [0, 0.05) is 0 Å². The molecular weight excluding hydrogens is 124 g/mol. The molecule has 1 heteroatoms. The topological polar surface area (TPSA) is 20.2 Å². The van der Waals surface area contributed by atoms with E-state index in [4.69, 9.17) is 0 Å². The van der Waals surface area contributed by atoms with Crippen LogP contribution in [0.1, 0.15) is 32.6 Å². The van der Waals surface area contributed by atoms with Gasteiger partial charge in [-0.25, -0.2) is 0 Å². The summed E-state index contributed by atoms with van der Waals surface area (Å²) in [7, 11) is 0. The van der Waals surface area contributed by atoms with E-state index in [2.05, 4.69) is 13.5 Å². The summed E-state index contributed by atoms with van der Waals surface area (Å²) >= 11 is 0. The molecule has 2 bridgehead atoms. The van der Waals surface area contributed by atoms with Crippen LogP contribution in [0.3, 0.4) is 0 Å². The average Bonchev–Trinajstić information content (AvgIpc) is 2.17. The predicted molar refractivity (Wildman–Crippen MR) is 40.7 cm³/mol. The fourth-order valence-electron chi connectivity index (χ4n) is 2.47. The number of hydrogen-bond donors (Lipinski definition) is 1. The minimum Gasteiger partial charge on any atom is -0.390 e. The fourth-order valence-corrected chi connectivity index (χ4v) is 2.47. The second kappa shape index (κ2) is 1.48. The van der Waals surface area contributed by atoms with Gasteiger partial charge >= 0.3 is 0 Å². The van der Waals surface area contributed by atoms with Gasteiger partial charge in [0.2, 0.25) is 0 Å². The molecule has 56 valence electrons. The van der Waals surface area contributed by atoms with Crippen LogP contribution in [0.5, 0.6) is 0 Å². The van der Waals surface area contributed by atoms with Crippen LogP contribution in [0.4, 0.5) is 0 Å². The predicted octanol–water partition coefficient (Wildman–Crippen LogP) is 1.87. The molecule has 0 heterocycles. The van der Waals surface area contributed by atoms with E-state index in [1.807, 2.05) is 0 Å². The number of aliphatic hydroxyl groups is 1. The Hall–Kier alpha value is -0.300. The van der Waals surface area contributed by atoms with Crippen molar-refractivity contribution >= 4 is 0 Å². The minimum atomic E-state index is -0.355. The normalized spacial score (nSPS) is 52.4. The highest BCUT2D eigenvalue weighted by atomic mass is 16.3. The van der Waals surface area contributed by atoms with Gasteiger partial charge in [0.15, 0.2) is 0 Å². The summed E-state index contributed by atoms with van der Waals surface area (Å²) in [5.74, 6) is 0. The molecule has 2 saturated carbocycles. The molecule has 0 aromatic rings. The zero-order valence-corrected chi connectivity index (χ0v) is 6.48. The molecule has 0 amide bonds. The standard InChI is InChI=1S/C9H14O/c1-7-5-9(10)4-3-8(7,2)6-9/h10H,1,3-6H2,2H3. The molecule has 2 atom stereocenters. The molecule has 0 aliphatic heterocycles. The van der Waals surface area contributed by atoms with Crippen LogP contribution < -0.4 is 0 Å². The second-order valence-electron chi connectivity index (χ2n) is 4.24. The van der Waals surface area contributed by atoms with E-state index in [9.17, 15) is 5.11 Å². The van der Waals surface area contributed by atoms with E-state index >= 15 is 0 Å². The van der Waals surface area contributed by atoms with Gasteiger partial charge in [-0.3, -0.25) is 0 Å². The highest BCUT2D eigenvalue weighted by Crippen LogP contribution is 2.58. The summed E-state index contributed by atoms with van der Waals surface area (Å²) in [6.45, 7) is 6.22. The number of hydrogen-bond acceptors (Lipinski definition) is 1. The van der Waals surface area contributed by atoms with Gasteiger partial charge in [0.1, 0.15) is 0 Å². The first-order valence-corrected chi connectivity index (χ1v) is 3.95. The largest absolute Gasteiger partial charge is 0.390 e. The van der Waals surface area contributed by atoms with E-state index < -0.39 is 0 Å². The van der Waals surface area contributed by atoms with Crippen molar-refractivity contribution in [3.8, 4) is 0 Å². The summed E-state index contributed by atoms with van der Waals surface area (Å²) in [5, 5.41) is 9.82. The molecular formula is C9H14O. The Balaban J connectivity index is 2.36. The lowest BCUT2D eigenvalue weighted by atomic mass is 9.82. The molecule has 0 aromatic carbocycles. The van der Waals surface area contributed by atoms with Gasteiger partial charge in [-0.2, -0.15) is 0 Å². The first-order valence-electron chi connectivity index (χ1n) is 3.95. The fraction of sp³-hybridized carbons (Fsp3) is 0.778. The molecule has 1 nitrogen and oxygen atoms in total. The van der Waals surface area contributed by atoms with Crippen LogP contribution in [-0.2, 0) is 0 Å². The Bertz CT molecular complexity index is 197. The van der Waals surface area contributed by atoms with Gasteiger partial charge in [-0.15, -0.1) is 0 Å². The van der Waals surface area contributed by atoms with Crippen LogP contribution in [0.25, 0.3) is 0 Å². The van der Waals surface area contributed by atoms with Crippen molar-refractivity contribution in [1.29, 1.82) is 0 Å². The van der Waals surface area contributed by atoms with Crippen LogP contribution in [0.2, 0.25) is 0 Å². The van der Waals surface area contributed by atoms with Gasteiger partial charge in [0.25, 0.3) is 0 Å². The lowest BCUT2D eigenvalue weighted by molar-refractivity contribution is 0.0575. The third kappa shape index (κ3) is 0.615. The molecule has 2 rings (SSSR count). The van der Waals surface area contributed by atoms with Crippen molar-refractivity contribution in [2.75, 3.05) is 0 Å². The highest BCUT2D eigenvalue weighted by molar-refractivity contribution is 5.25. The maximum Gasteiger partial charge on any atom is 0.0693 e. The second-order valence-corrected chi connectivity index (χ2v) is 4.24. The van der Waals surface area contributed by atoms with Gasteiger partial charge in [-0.05, 0) is 31.1 Å². The number of fused-ring (bicyclic) bond motifs is 2. The lowest BCUT2D eigenvalue weighted by Crippen LogP contribution is -2.21. The van der Waals surface area contributed by atoms with Crippen molar-refractivity contribution in [1.82, 2.24) is 0 Å². The number of rotatable bonds is 0. The summed E-state index contributed by atoms with van der Waals surface area (Å²) < 4.78 is 0. The van der Waals surface area contributed by atoms with Crippen molar-refractivity contribution in [2.45, 2.75) is 38.2 Å². The zero-order valence-electron chi connectivity index (χ0n) is 6.48. The van der Waals surface area contributed by atoms with Crippen molar-refractivity contribution < 1.29 is 5.11 Å². The Morgan fingerprint density at radius 1 is 1.50 bits per heavy atom. The first kappa shape index (κ1) is 6.41. The Labute approximate surface area is 61.8 Å². The Kier molecular flexibility index (Phi) is 0.946. The highest BCUT2D eigenvalue weighted by Gasteiger charge is 2.52. The molecule has 0 saturated heterocycles. The quantitative estimate of drug-likeness (QED) is 0.507. The third-order valence-corrected chi connectivity index (χ3v) is 3.26. The molecule has 0 aromatic heterocycles. The third-order valence-electron chi connectivity index (χ3n) is 3.26. The van der Waals surface area contributed by atoms with Crippen LogP contribution >= 0.6 is 0 Å². The lowest BCUT2D eigenvalue weighted by Gasteiger charge is -2.24. The van der Waals surface area contributed by atoms with Gasteiger partial charge < -0.3 is 5.11 Å². The Morgan fingerprint density at radius 2 is 2.20 bits per heavy atom. The molecule has 10 heavy (non-hydrogen) atoms. The van der Waals surface area contributed by atoms with E-state index in [1.54, 1.807) is 0 Å². The molecule has 0 spiro atoms. The van der Waals surface area contributed by atoms with E-state index in [1.165, 1.54) is 5.57 Å². The molecule has 2 unspecified atom stereocenters. The van der Waals surface area contributed by atoms with E-state index in [0.717, 1.165) is 25.7 Å². The van der Waals surface area contributed by atoms with Gasteiger partial charge in [-0.1, -0.05) is 19.1 Å². The monoisotopic (exact) mass is 138 g/mol. The molecule has 2 aliphatic rings. The average molecular weight is 138 g/mol. The first-order chi connectivity index (χ1) is 4.54. The molecule has 1 N–H and O–H groups in total. The zero-order chi connectivity index (χ0) is 7.41. The van der Waals surface area contributed by atoms with Crippen LogP contribution in [-0.4, -0.2) is 10.7 Å². The maximum absolute atomic E-state index is 9.82. The molecule has 2 fully saturated rings. The van der Waals surface area contributed by atoms with Crippen LogP contribution in [0.15, 0.2) is 12.2 Å². The SMILES string of the molecule is C=C1CC2(O)CCC1(C)C2. The van der Waals surface area contributed by atoms with Crippen molar-refractivity contribution in [2.24, 2.45) is 5.41 Å². The van der Waals surface area contributed by atoms with Crippen LogP contribution in [0, 0.1) is 5.41 Å². The minimum absolute atomic E-state index is 0.286. The van der Waals surface area contributed by atoms with Crippen molar-refractivity contribution in [3.05, 3.63) is 12.2 Å².